The monoisotopic (exact) mass is 463 g/mol. The lowest BCUT2D eigenvalue weighted by molar-refractivity contribution is -0.137. The van der Waals surface area contributed by atoms with E-state index in [1.165, 1.54) is 6.07 Å². The van der Waals surface area contributed by atoms with Gasteiger partial charge in [0.25, 0.3) is 0 Å². The van der Waals surface area contributed by atoms with Crippen LogP contribution in [-0.2, 0) is 17.5 Å². The third kappa shape index (κ3) is 6.04. The van der Waals surface area contributed by atoms with E-state index in [0.29, 0.717) is 46.2 Å². The lowest BCUT2D eigenvalue weighted by Crippen LogP contribution is -2.28. The van der Waals surface area contributed by atoms with Crippen LogP contribution in [0.3, 0.4) is 0 Å². The predicted molar refractivity (Wildman–Crippen MR) is 121 cm³/mol. The van der Waals surface area contributed by atoms with Gasteiger partial charge in [-0.3, -0.25) is 0 Å². The molecular formula is C24H28F3N3O3. The van der Waals surface area contributed by atoms with Gasteiger partial charge in [0.15, 0.2) is 11.5 Å². The molecule has 3 rings (SSSR count). The van der Waals surface area contributed by atoms with Crippen molar-refractivity contribution in [1.29, 1.82) is 0 Å². The van der Waals surface area contributed by atoms with Crippen molar-refractivity contribution in [3.63, 3.8) is 0 Å². The van der Waals surface area contributed by atoms with Crippen molar-refractivity contribution >= 4 is 16.7 Å². The molecule has 0 saturated heterocycles. The number of halogens is 3. The zero-order valence-corrected chi connectivity index (χ0v) is 19.3. The molecule has 1 unspecified atom stereocenters. The van der Waals surface area contributed by atoms with Crippen molar-refractivity contribution in [2.24, 2.45) is 5.92 Å². The van der Waals surface area contributed by atoms with Crippen LogP contribution in [-0.4, -0.2) is 36.9 Å². The summed E-state index contributed by atoms with van der Waals surface area (Å²) in [5.74, 6) is 2.24. The van der Waals surface area contributed by atoms with Crippen molar-refractivity contribution < 1.29 is 27.4 Å². The van der Waals surface area contributed by atoms with E-state index in [1.807, 2.05) is 13.8 Å². The summed E-state index contributed by atoms with van der Waals surface area (Å²) in [5, 5.41) is 3.82. The standard InChI is InChI=1S/C24H28F3N3O3/c1-14(2)22(13-31-4)33-21-10-18-19(11-20(21)32-5)29-15(3)30-23(18)28-12-16-7-6-8-17(9-16)24(25,26)27/h6-11,14,22H,12-13H2,1-5H3,(H,28,29,30). The van der Waals surface area contributed by atoms with Crippen LogP contribution in [0, 0.1) is 12.8 Å². The molecule has 0 spiro atoms. The van der Waals surface area contributed by atoms with Crippen LogP contribution >= 0.6 is 0 Å². The minimum atomic E-state index is -4.40. The molecule has 1 atom stereocenters. The number of nitrogens with one attached hydrogen (secondary N) is 1. The molecule has 0 amide bonds. The third-order valence-corrected chi connectivity index (χ3v) is 5.16. The smallest absolute Gasteiger partial charge is 0.416 e. The van der Waals surface area contributed by atoms with E-state index in [4.69, 9.17) is 14.2 Å². The first kappa shape index (κ1) is 24.6. The number of fused-ring (bicyclic) bond motifs is 1. The summed E-state index contributed by atoms with van der Waals surface area (Å²) in [7, 11) is 3.17. The van der Waals surface area contributed by atoms with Crippen LogP contribution in [0.5, 0.6) is 11.5 Å². The van der Waals surface area contributed by atoms with Gasteiger partial charge in [-0.1, -0.05) is 26.0 Å². The Kier molecular flexibility index (Phi) is 7.63. The largest absolute Gasteiger partial charge is 0.493 e. The summed E-state index contributed by atoms with van der Waals surface area (Å²) in [5.41, 5.74) is 0.425. The zero-order valence-electron chi connectivity index (χ0n) is 19.3. The van der Waals surface area contributed by atoms with Gasteiger partial charge >= 0.3 is 6.18 Å². The molecule has 0 radical (unpaired) electrons. The van der Waals surface area contributed by atoms with Gasteiger partial charge in [0.1, 0.15) is 17.7 Å². The van der Waals surface area contributed by atoms with E-state index in [9.17, 15) is 13.2 Å². The highest BCUT2D eigenvalue weighted by molar-refractivity contribution is 5.91. The Morgan fingerprint density at radius 1 is 1.03 bits per heavy atom. The number of aryl methyl sites for hydroxylation is 1. The van der Waals surface area contributed by atoms with Gasteiger partial charge in [-0.05, 0) is 36.6 Å². The Labute approximate surface area is 191 Å². The Balaban J connectivity index is 1.96. The second kappa shape index (κ2) is 10.2. The van der Waals surface area contributed by atoms with Crippen LogP contribution in [0.25, 0.3) is 10.9 Å². The SMILES string of the molecule is COCC(Oc1cc2c(NCc3cccc(C(F)(F)F)c3)nc(C)nc2cc1OC)C(C)C. The number of aromatic nitrogens is 2. The second-order valence-electron chi connectivity index (χ2n) is 8.05. The van der Waals surface area contributed by atoms with Crippen molar-refractivity contribution in [2.45, 2.75) is 39.6 Å². The van der Waals surface area contributed by atoms with Crippen LogP contribution in [0.1, 0.15) is 30.8 Å². The number of hydrogen-bond acceptors (Lipinski definition) is 6. The molecule has 1 heterocycles. The average molecular weight is 464 g/mol. The van der Waals surface area contributed by atoms with Gasteiger partial charge in [0, 0.05) is 25.1 Å². The minimum absolute atomic E-state index is 0.163. The van der Waals surface area contributed by atoms with E-state index < -0.39 is 11.7 Å². The fourth-order valence-corrected chi connectivity index (χ4v) is 3.37. The summed E-state index contributed by atoms with van der Waals surface area (Å²) < 4.78 is 56.1. The number of anilines is 1. The number of alkyl halides is 3. The summed E-state index contributed by atoms with van der Waals surface area (Å²) >= 11 is 0. The Hall–Kier alpha value is -3.07. The fourth-order valence-electron chi connectivity index (χ4n) is 3.37. The highest BCUT2D eigenvalue weighted by Crippen LogP contribution is 2.36. The van der Waals surface area contributed by atoms with E-state index >= 15 is 0 Å². The van der Waals surface area contributed by atoms with E-state index in [0.717, 1.165) is 12.1 Å². The van der Waals surface area contributed by atoms with Gasteiger partial charge in [-0.2, -0.15) is 13.2 Å². The number of rotatable bonds is 9. The summed E-state index contributed by atoms with van der Waals surface area (Å²) in [6.45, 7) is 6.39. The minimum Gasteiger partial charge on any atom is -0.493 e. The first-order chi connectivity index (χ1) is 15.6. The molecule has 9 heteroatoms. The van der Waals surface area contributed by atoms with Crippen molar-refractivity contribution in [3.05, 3.63) is 53.3 Å². The van der Waals surface area contributed by atoms with Gasteiger partial charge in [0.05, 0.1) is 24.8 Å². The maximum absolute atomic E-state index is 13.0. The molecule has 0 saturated carbocycles. The highest BCUT2D eigenvalue weighted by atomic mass is 19.4. The maximum atomic E-state index is 13.0. The summed E-state index contributed by atoms with van der Waals surface area (Å²) in [4.78, 5) is 8.95. The molecule has 6 nitrogen and oxygen atoms in total. The molecule has 2 aromatic carbocycles. The van der Waals surface area contributed by atoms with Crippen LogP contribution in [0.4, 0.5) is 19.0 Å². The first-order valence-corrected chi connectivity index (χ1v) is 10.5. The third-order valence-electron chi connectivity index (χ3n) is 5.16. The number of hydrogen-bond donors (Lipinski definition) is 1. The van der Waals surface area contributed by atoms with E-state index in [-0.39, 0.29) is 18.6 Å². The quantitative estimate of drug-likeness (QED) is 0.444. The Bertz CT molecular complexity index is 1100. The van der Waals surface area contributed by atoms with Crippen molar-refractivity contribution in [1.82, 2.24) is 9.97 Å². The Morgan fingerprint density at radius 3 is 2.42 bits per heavy atom. The van der Waals surface area contributed by atoms with Crippen molar-refractivity contribution in [3.8, 4) is 11.5 Å². The van der Waals surface area contributed by atoms with Crippen molar-refractivity contribution in [2.75, 3.05) is 26.1 Å². The summed E-state index contributed by atoms with van der Waals surface area (Å²) in [6.07, 6.45) is -4.60. The first-order valence-electron chi connectivity index (χ1n) is 10.5. The lowest BCUT2D eigenvalue weighted by Gasteiger charge is -2.23. The molecule has 0 bridgehead atoms. The molecule has 1 N–H and O–H groups in total. The molecule has 3 aromatic rings. The van der Waals surface area contributed by atoms with Gasteiger partial charge < -0.3 is 19.5 Å². The molecule has 1 aromatic heterocycles. The zero-order chi connectivity index (χ0) is 24.2. The average Bonchev–Trinajstić information content (AvgIpc) is 2.76. The van der Waals surface area contributed by atoms with Gasteiger partial charge in [-0.15, -0.1) is 0 Å². The molecular weight excluding hydrogens is 435 g/mol. The molecule has 0 aliphatic heterocycles. The molecule has 0 aliphatic rings. The van der Waals surface area contributed by atoms with Crippen LogP contribution in [0.2, 0.25) is 0 Å². The normalized spacial score (nSPS) is 12.8. The van der Waals surface area contributed by atoms with Crippen LogP contribution in [0.15, 0.2) is 36.4 Å². The lowest BCUT2D eigenvalue weighted by atomic mass is 10.1. The number of ether oxygens (including phenoxy) is 3. The van der Waals surface area contributed by atoms with Crippen LogP contribution < -0.4 is 14.8 Å². The van der Waals surface area contributed by atoms with Gasteiger partial charge in [-0.25, -0.2) is 9.97 Å². The van der Waals surface area contributed by atoms with Gasteiger partial charge in [0.2, 0.25) is 0 Å². The predicted octanol–water partition coefficient (Wildman–Crippen LogP) is 5.63. The number of methoxy groups -OCH3 is 2. The number of nitrogens with zero attached hydrogens (tertiary/aromatic N) is 2. The van der Waals surface area contributed by atoms with E-state index in [1.54, 1.807) is 39.3 Å². The second-order valence-corrected chi connectivity index (χ2v) is 8.05. The molecule has 178 valence electrons. The summed E-state index contributed by atoms with van der Waals surface area (Å²) in [6, 6.07) is 8.75. The maximum Gasteiger partial charge on any atom is 0.416 e. The molecule has 0 aliphatic carbocycles. The highest BCUT2D eigenvalue weighted by Gasteiger charge is 2.30. The molecule has 0 fully saturated rings. The topological polar surface area (TPSA) is 65.5 Å². The molecule has 33 heavy (non-hydrogen) atoms. The van der Waals surface area contributed by atoms with E-state index in [2.05, 4.69) is 15.3 Å². The fraction of sp³-hybridized carbons (Fsp3) is 0.417. The number of benzene rings is 2. The Morgan fingerprint density at radius 2 is 1.79 bits per heavy atom.